The van der Waals surface area contributed by atoms with Gasteiger partial charge in [0.1, 0.15) is 12.0 Å². The largest absolute Gasteiger partial charge is 0.496 e. The number of hydrogen-bond donors (Lipinski definition) is 1. The highest BCUT2D eigenvalue weighted by atomic mass is 16.6. The maximum Gasteiger partial charge on any atom is 0.270 e. The van der Waals surface area contributed by atoms with Crippen molar-refractivity contribution in [2.75, 3.05) is 13.7 Å². The first-order chi connectivity index (χ1) is 13.5. The minimum absolute atomic E-state index is 0.109. The van der Waals surface area contributed by atoms with Crippen LogP contribution in [0.25, 0.3) is 11.5 Å². The van der Waals surface area contributed by atoms with E-state index in [1.807, 2.05) is 31.2 Å². The van der Waals surface area contributed by atoms with Crippen LogP contribution in [0.2, 0.25) is 0 Å². The number of nitro benzene ring substituents is 1. The van der Waals surface area contributed by atoms with Crippen molar-refractivity contribution in [1.82, 2.24) is 10.3 Å². The molecule has 0 aliphatic rings. The minimum atomic E-state index is -0.557. The van der Waals surface area contributed by atoms with Crippen LogP contribution >= 0.6 is 0 Å². The monoisotopic (exact) mass is 381 g/mol. The van der Waals surface area contributed by atoms with Crippen LogP contribution in [-0.4, -0.2) is 29.5 Å². The van der Waals surface area contributed by atoms with Crippen molar-refractivity contribution < 1.29 is 18.9 Å². The van der Waals surface area contributed by atoms with Crippen molar-refractivity contribution >= 4 is 11.6 Å². The van der Waals surface area contributed by atoms with Crippen LogP contribution in [0.15, 0.2) is 53.1 Å². The van der Waals surface area contributed by atoms with Crippen LogP contribution in [0.5, 0.6) is 5.75 Å². The summed E-state index contributed by atoms with van der Waals surface area (Å²) in [7, 11) is 1.40. The van der Waals surface area contributed by atoms with E-state index in [4.69, 9.17) is 9.15 Å². The Labute approximate surface area is 161 Å². The number of aryl methyl sites for hydroxylation is 1. The number of benzene rings is 2. The molecule has 2 aromatic carbocycles. The molecule has 0 fully saturated rings. The molecule has 8 heteroatoms. The molecule has 3 rings (SSSR count). The Morgan fingerprint density at radius 3 is 2.68 bits per heavy atom. The maximum absolute atomic E-state index is 12.4. The molecule has 0 atom stereocenters. The van der Waals surface area contributed by atoms with E-state index >= 15 is 0 Å². The molecule has 1 amide bonds. The Hall–Kier alpha value is -3.68. The summed E-state index contributed by atoms with van der Waals surface area (Å²) >= 11 is 0. The quantitative estimate of drug-likeness (QED) is 0.495. The van der Waals surface area contributed by atoms with Crippen molar-refractivity contribution in [3.8, 4) is 17.2 Å². The Balaban J connectivity index is 1.62. The molecule has 0 saturated heterocycles. The van der Waals surface area contributed by atoms with Crippen molar-refractivity contribution in [1.29, 1.82) is 0 Å². The molecule has 0 aliphatic heterocycles. The fraction of sp³-hybridized carbons (Fsp3) is 0.200. The number of nitrogens with one attached hydrogen (secondary N) is 1. The number of carbonyl (C=O) groups excluding carboxylic acids is 1. The number of aromatic nitrogens is 1. The van der Waals surface area contributed by atoms with Gasteiger partial charge in [0.2, 0.25) is 5.89 Å². The summed E-state index contributed by atoms with van der Waals surface area (Å²) in [4.78, 5) is 27.2. The van der Waals surface area contributed by atoms with E-state index in [2.05, 4.69) is 10.3 Å². The molecule has 0 radical (unpaired) electrons. The lowest BCUT2D eigenvalue weighted by Gasteiger charge is -2.08. The summed E-state index contributed by atoms with van der Waals surface area (Å²) in [5.41, 5.74) is 2.65. The number of rotatable bonds is 7. The first-order valence-electron chi connectivity index (χ1n) is 8.60. The summed E-state index contributed by atoms with van der Waals surface area (Å²) in [6.45, 7) is 2.30. The molecule has 1 aromatic heterocycles. The molecule has 0 unspecified atom stereocenters. The average molecular weight is 381 g/mol. The van der Waals surface area contributed by atoms with Gasteiger partial charge >= 0.3 is 0 Å². The predicted octanol–water partition coefficient (Wildman–Crippen LogP) is 3.54. The predicted molar refractivity (Wildman–Crippen MR) is 102 cm³/mol. The number of nitro groups is 1. The third kappa shape index (κ3) is 4.35. The third-order valence-corrected chi connectivity index (χ3v) is 4.16. The van der Waals surface area contributed by atoms with Gasteiger partial charge in [-0.15, -0.1) is 0 Å². The molecule has 0 aliphatic carbocycles. The molecular formula is C20H19N3O5. The van der Waals surface area contributed by atoms with E-state index in [1.54, 1.807) is 6.26 Å². The lowest BCUT2D eigenvalue weighted by molar-refractivity contribution is -0.384. The average Bonchev–Trinajstić information content (AvgIpc) is 3.16. The Morgan fingerprint density at radius 2 is 2.00 bits per heavy atom. The number of nitrogens with zero attached hydrogens (tertiary/aromatic N) is 2. The van der Waals surface area contributed by atoms with Gasteiger partial charge in [-0.1, -0.05) is 17.7 Å². The fourth-order valence-corrected chi connectivity index (χ4v) is 2.64. The second kappa shape index (κ2) is 8.34. The summed E-state index contributed by atoms with van der Waals surface area (Å²) in [5.74, 6) is 0.329. The summed E-state index contributed by atoms with van der Waals surface area (Å²) in [5, 5.41) is 13.6. The molecule has 8 nitrogen and oxygen atoms in total. The van der Waals surface area contributed by atoms with Crippen LogP contribution in [-0.2, 0) is 6.42 Å². The van der Waals surface area contributed by atoms with Gasteiger partial charge in [-0.25, -0.2) is 4.98 Å². The van der Waals surface area contributed by atoms with E-state index in [0.717, 1.165) is 11.1 Å². The van der Waals surface area contributed by atoms with Gasteiger partial charge < -0.3 is 14.5 Å². The number of methoxy groups -OCH3 is 1. The van der Waals surface area contributed by atoms with Crippen molar-refractivity contribution in [3.05, 3.63) is 75.7 Å². The van der Waals surface area contributed by atoms with Crippen LogP contribution in [0, 0.1) is 17.0 Å². The Morgan fingerprint density at radius 1 is 1.25 bits per heavy atom. The van der Waals surface area contributed by atoms with Crippen LogP contribution in [0.4, 0.5) is 5.69 Å². The second-order valence-corrected chi connectivity index (χ2v) is 6.16. The van der Waals surface area contributed by atoms with Gasteiger partial charge in [0, 0.05) is 30.7 Å². The number of oxazole rings is 1. The van der Waals surface area contributed by atoms with E-state index in [9.17, 15) is 14.9 Å². The van der Waals surface area contributed by atoms with Crippen LogP contribution in [0.3, 0.4) is 0 Å². The van der Waals surface area contributed by atoms with Crippen molar-refractivity contribution in [3.63, 3.8) is 0 Å². The molecule has 1 heterocycles. The molecule has 144 valence electrons. The molecule has 0 bridgehead atoms. The van der Waals surface area contributed by atoms with Crippen LogP contribution < -0.4 is 10.1 Å². The summed E-state index contributed by atoms with van der Waals surface area (Å²) in [6, 6.07) is 11.7. The zero-order valence-corrected chi connectivity index (χ0v) is 15.5. The highest BCUT2D eigenvalue weighted by Crippen LogP contribution is 2.24. The lowest BCUT2D eigenvalue weighted by atomic mass is 10.1. The Bertz CT molecular complexity index is 995. The summed E-state index contributed by atoms with van der Waals surface area (Å²) < 4.78 is 10.6. The number of amides is 1. The fourth-order valence-electron chi connectivity index (χ4n) is 2.64. The van der Waals surface area contributed by atoms with Gasteiger partial charge in [-0.05, 0) is 25.1 Å². The van der Waals surface area contributed by atoms with Gasteiger partial charge in [-0.3, -0.25) is 14.9 Å². The first-order valence-corrected chi connectivity index (χ1v) is 8.60. The minimum Gasteiger partial charge on any atom is -0.496 e. The third-order valence-electron chi connectivity index (χ3n) is 4.16. The normalized spacial score (nSPS) is 10.5. The topological polar surface area (TPSA) is 108 Å². The van der Waals surface area contributed by atoms with E-state index < -0.39 is 10.8 Å². The first kappa shape index (κ1) is 19.1. The lowest BCUT2D eigenvalue weighted by Crippen LogP contribution is -2.26. The number of non-ortho nitro benzene ring substituents is 1. The summed E-state index contributed by atoms with van der Waals surface area (Å²) in [6.07, 6.45) is 2.01. The number of hydrogen-bond acceptors (Lipinski definition) is 6. The van der Waals surface area contributed by atoms with Gasteiger partial charge in [-0.2, -0.15) is 0 Å². The zero-order chi connectivity index (χ0) is 20.1. The highest BCUT2D eigenvalue weighted by molar-refractivity contribution is 5.97. The SMILES string of the molecule is COc1ccc([N+](=O)[O-])cc1C(=O)NCCc1coc(-c2ccc(C)cc2)n1. The molecule has 1 N–H and O–H groups in total. The highest BCUT2D eigenvalue weighted by Gasteiger charge is 2.17. The van der Waals surface area contributed by atoms with E-state index in [-0.39, 0.29) is 17.0 Å². The van der Waals surface area contributed by atoms with Gasteiger partial charge in [0.05, 0.1) is 23.3 Å². The molecule has 28 heavy (non-hydrogen) atoms. The molecular weight excluding hydrogens is 362 g/mol. The smallest absolute Gasteiger partial charge is 0.270 e. The van der Waals surface area contributed by atoms with E-state index in [0.29, 0.717) is 24.6 Å². The molecule has 0 spiro atoms. The molecule has 0 saturated carbocycles. The standard InChI is InChI=1S/C20H19N3O5/c1-13-3-5-14(6-4-13)20-22-15(12-28-20)9-10-21-19(24)17-11-16(23(25)26)7-8-18(17)27-2/h3-8,11-12H,9-10H2,1-2H3,(H,21,24). The van der Waals surface area contributed by atoms with Crippen LogP contribution in [0.1, 0.15) is 21.6 Å². The van der Waals surface area contributed by atoms with E-state index in [1.165, 1.54) is 25.3 Å². The number of ether oxygens (including phenoxy) is 1. The van der Waals surface area contributed by atoms with Gasteiger partial charge in [0.25, 0.3) is 11.6 Å². The Kier molecular flexibility index (Phi) is 5.69. The van der Waals surface area contributed by atoms with Gasteiger partial charge in [0.15, 0.2) is 0 Å². The van der Waals surface area contributed by atoms with Crippen molar-refractivity contribution in [2.45, 2.75) is 13.3 Å². The zero-order valence-electron chi connectivity index (χ0n) is 15.5. The second-order valence-electron chi connectivity index (χ2n) is 6.16. The molecule has 3 aromatic rings. The van der Waals surface area contributed by atoms with Crippen molar-refractivity contribution in [2.24, 2.45) is 0 Å². The maximum atomic E-state index is 12.4. The number of carbonyl (C=O) groups is 1.